The molecule has 122 valence electrons. The highest BCUT2D eigenvalue weighted by Gasteiger charge is 2.39. The third-order valence-corrected chi connectivity index (χ3v) is 6.35. The molecule has 0 fully saturated rings. The van der Waals surface area contributed by atoms with Gasteiger partial charge in [0, 0.05) is 31.7 Å². The lowest BCUT2D eigenvalue weighted by Crippen LogP contribution is -2.46. The molecule has 0 atom stereocenters. The fourth-order valence-electron chi connectivity index (χ4n) is 2.09. The van der Waals surface area contributed by atoms with Gasteiger partial charge in [-0.1, -0.05) is 24.3 Å². The average molecular weight is 349 g/mol. The van der Waals surface area contributed by atoms with Crippen LogP contribution >= 0.6 is 11.6 Å². The minimum Gasteiger partial charge on any atom is -0.374 e. The third kappa shape index (κ3) is 7.08. The molecular formula is C15H29ClO3Si2. The molecule has 0 aliphatic heterocycles. The molecule has 1 aromatic carbocycles. The predicted octanol–water partition coefficient (Wildman–Crippen LogP) is 2.56. The summed E-state index contributed by atoms with van der Waals surface area (Å²) in [4.78, 5) is 0. The largest absolute Gasteiger partial charge is 0.501 e. The van der Waals surface area contributed by atoms with Crippen LogP contribution in [0.4, 0.5) is 0 Å². The summed E-state index contributed by atoms with van der Waals surface area (Å²) < 4.78 is 17.6. The van der Waals surface area contributed by atoms with Gasteiger partial charge in [-0.3, -0.25) is 0 Å². The molecule has 0 unspecified atom stereocenters. The Kier molecular flexibility index (Phi) is 11.3. The molecule has 1 aromatic rings. The molecule has 21 heavy (non-hydrogen) atoms. The van der Waals surface area contributed by atoms with Gasteiger partial charge in [0.2, 0.25) is 0 Å². The molecule has 0 heterocycles. The number of hydrogen-bond acceptors (Lipinski definition) is 3. The van der Waals surface area contributed by atoms with E-state index in [-0.39, 0.29) is 11.0 Å². The van der Waals surface area contributed by atoms with Crippen LogP contribution in [-0.2, 0) is 25.6 Å². The minimum atomic E-state index is -2.53. The van der Waals surface area contributed by atoms with Gasteiger partial charge in [0.05, 0.1) is 0 Å². The lowest BCUT2D eigenvalue weighted by atomic mass is 10.1. The molecular weight excluding hydrogens is 320 g/mol. The van der Waals surface area contributed by atoms with E-state index in [1.807, 2.05) is 20.8 Å². The lowest BCUT2D eigenvalue weighted by Gasteiger charge is -2.28. The van der Waals surface area contributed by atoms with Crippen molar-refractivity contribution < 1.29 is 13.3 Å². The van der Waals surface area contributed by atoms with Gasteiger partial charge in [0.15, 0.2) is 0 Å². The highest BCUT2D eigenvalue weighted by atomic mass is 35.5. The smallest absolute Gasteiger partial charge is 0.374 e. The fraction of sp³-hybridized carbons (Fsp3) is 0.600. The molecule has 0 N–H and O–H groups in total. The Labute approximate surface area is 139 Å². The zero-order valence-electron chi connectivity index (χ0n) is 12.7. The summed E-state index contributed by atoms with van der Waals surface area (Å²) in [6.45, 7) is 7.81. The van der Waals surface area contributed by atoms with Crippen molar-refractivity contribution in [3.05, 3.63) is 35.4 Å². The van der Waals surface area contributed by atoms with E-state index in [0.717, 1.165) is 18.0 Å². The van der Waals surface area contributed by atoms with E-state index in [9.17, 15) is 0 Å². The first kappa shape index (κ1) is 20.8. The number of halogens is 1. The quantitative estimate of drug-likeness (QED) is 0.480. The fourth-order valence-corrected chi connectivity index (χ4v) is 4.87. The molecule has 0 spiro atoms. The lowest BCUT2D eigenvalue weighted by molar-refractivity contribution is 0.0714. The molecule has 0 aliphatic carbocycles. The summed E-state index contributed by atoms with van der Waals surface area (Å²) in [6, 6.07) is 9.16. The highest BCUT2D eigenvalue weighted by molar-refractivity contribution is 6.60. The van der Waals surface area contributed by atoms with Gasteiger partial charge in [-0.05, 0) is 49.3 Å². The summed E-state index contributed by atoms with van der Waals surface area (Å²) in [5.41, 5.74) is 2.40. The SMILES string of the molecule is CCO[Si](CCc1ccc(CCl)cc1)(OCC)OCC.[SiH4]. The molecule has 3 nitrogen and oxygen atoms in total. The van der Waals surface area contributed by atoms with E-state index < -0.39 is 8.80 Å². The third-order valence-electron chi connectivity index (χ3n) is 2.99. The number of benzene rings is 1. The van der Waals surface area contributed by atoms with Crippen LogP contribution in [0.15, 0.2) is 24.3 Å². The second kappa shape index (κ2) is 11.4. The zero-order chi connectivity index (χ0) is 14.8. The van der Waals surface area contributed by atoms with Gasteiger partial charge < -0.3 is 13.3 Å². The molecule has 0 radical (unpaired) electrons. The summed E-state index contributed by atoms with van der Waals surface area (Å²) >= 11 is 5.80. The van der Waals surface area contributed by atoms with Crippen molar-refractivity contribution in [1.82, 2.24) is 0 Å². The van der Waals surface area contributed by atoms with E-state index in [1.165, 1.54) is 5.56 Å². The number of hydrogen-bond donors (Lipinski definition) is 0. The topological polar surface area (TPSA) is 27.7 Å². The molecule has 0 saturated heterocycles. The van der Waals surface area contributed by atoms with Gasteiger partial charge in [-0.15, -0.1) is 11.6 Å². The first-order chi connectivity index (χ1) is 9.69. The Hall–Kier alpha value is -0.176. The predicted molar refractivity (Wildman–Crippen MR) is 96.5 cm³/mol. The van der Waals surface area contributed by atoms with Crippen LogP contribution in [0.3, 0.4) is 0 Å². The van der Waals surface area contributed by atoms with E-state index in [0.29, 0.717) is 25.7 Å². The normalized spacial score (nSPS) is 11.2. The van der Waals surface area contributed by atoms with Crippen molar-refractivity contribution in [3.8, 4) is 0 Å². The van der Waals surface area contributed by atoms with Crippen LogP contribution in [0.25, 0.3) is 0 Å². The van der Waals surface area contributed by atoms with Crippen molar-refractivity contribution in [2.75, 3.05) is 19.8 Å². The van der Waals surface area contributed by atoms with Crippen LogP contribution in [0, 0.1) is 0 Å². The average Bonchev–Trinajstić information content (AvgIpc) is 2.46. The Morgan fingerprint density at radius 1 is 0.857 bits per heavy atom. The monoisotopic (exact) mass is 348 g/mol. The maximum atomic E-state index is 5.85. The van der Waals surface area contributed by atoms with Gasteiger partial charge in [0.25, 0.3) is 0 Å². The van der Waals surface area contributed by atoms with Crippen molar-refractivity contribution in [3.63, 3.8) is 0 Å². The van der Waals surface area contributed by atoms with Gasteiger partial charge >= 0.3 is 8.80 Å². The Bertz CT molecular complexity index is 357. The van der Waals surface area contributed by atoms with Crippen molar-refractivity contribution in [2.45, 2.75) is 39.1 Å². The summed E-state index contributed by atoms with van der Waals surface area (Å²) in [7, 11) is -2.53. The highest BCUT2D eigenvalue weighted by Crippen LogP contribution is 2.19. The maximum Gasteiger partial charge on any atom is 0.501 e. The van der Waals surface area contributed by atoms with Crippen molar-refractivity contribution >= 4 is 31.4 Å². The van der Waals surface area contributed by atoms with Crippen molar-refractivity contribution in [1.29, 1.82) is 0 Å². The molecule has 0 amide bonds. The molecule has 6 heteroatoms. The molecule has 1 rings (SSSR count). The van der Waals surface area contributed by atoms with Crippen LogP contribution < -0.4 is 0 Å². The number of aryl methyl sites for hydroxylation is 1. The van der Waals surface area contributed by atoms with Crippen LogP contribution in [0.1, 0.15) is 31.9 Å². The Morgan fingerprint density at radius 3 is 1.67 bits per heavy atom. The van der Waals surface area contributed by atoms with Gasteiger partial charge in [-0.25, -0.2) is 0 Å². The van der Waals surface area contributed by atoms with E-state index in [1.54, 1.807) is 0 Å². The second-order valence-electron chi connectivity index (χ2n) is 4.43. The molecule has 0 aliphatic rings. The number of rotatable bonds is 10. The maximum absolute atomic E-state index is 5.85. The minimum absolute atomic E-state index is 0. The first-order valence-corrected chi connectivity index (χ1v) is 9.72. The molecule has 0 aromatic heterocycles. The van der Waals surface area contributed by atoms with E-state index >= 15 is 0 Å². The Morgan fingerprint density at radius 2 is 1.29 bits per heavy atom. The van der Waals surface area contributed by atoms with Crippen LogP contribution in [0.5, 0.6) is 0 Å². The zero-order valence-corrected chi connectivity index (χ0v) is 14.4. The summed E-state index contributed by atoms with van der Waals surface area (Å²) in [6.07, 6.45) is 0.898. The first-order valence-electron chi connectivity index (χ1n) is 7.25. The Balaban J connectivity index is 0.00000400. The van der Waals surface area contributed by atoms with E-state index in [2.05, 4.69) is 24.3 Å². The second-order valence-corrected chi connectivity index (χ2v) is 7.43. The van der Waals surface area contributed by atoms with Gasteiger partial charge in [-0.2, -0.15) is 0 Å². The molecule has 0 saturated carbocycles. The molecule has 0 bridgehead atoms. The van der Waals surface area contributed by atoms with Crippen molar-refractivity contribution in [2.24, 2.45) is 0 Å². The summed E-state index contributed by atoms with van der Waals surface area (Å²) in [5.74, 6) is 0.551. The van der Waals surface area contributed by atoms with Crippen LogP contribution in [0.2, 0.25) is 6.04 Å². The number of alkyl halides is 1. The van der Waals surface area contributed by atoms with Gasteiger partial charge in [0.1, 0.15) is 0 Å². The summed E-state index contributed by atoms with van der Waals surface area (Å²) in [5, 5.41) is 0. The standard InChI is InChI=1S/C15H25ClO3Si.H4Si/c1-4-17-20(18-5-2,19-6-3)12-11-14-7-9-15(13-16)10-8-14;/h7-10H,4-6,11-13H2,1-3H3;1H4. The van der Waals surface area contributed by atoms with Crippen LogP contribution in [-0.4, -0.2) is 39.6 Å². The van der Waals surface area contributed by atoms with E-state index in [4.69, 9.17) is 24.9 Å².